The molecule has 0 aliphatic heterocycles. The van der Waals surface area contributed by atoms with Crippen molar-refractivity contribution in [1.82, 2.24) is 4.37 Å². The third kappa shape index (κ3) is 1.48. The van der Waals surface area contributed by atoms with E-state index in [2.05, 4.69) is 4.37 Å². The number of H-pyrrole nitrogens is 1. The largest absolute Gasteiger partial charge is 0.497 e. The van der Waals surface area contributed by atoms with Crippen molar-refractivity contribution in [2.45, 2.75) is 0 Å². The van der Waals surface area contributed by atoms with Crippen molar-refractivity contribution < 1.29 is 14.6 Å². The fourth-order valence-corrected chi connectivity index (χ4v) is 2.13. The Balaban J connectivity index is 2.89. The van der Waals surface area contributed by atoms with Gasteiger partial charge in [-0.15, -0.1) is 0 Å². The van der Waals surface area contributed by atoms with Gasteiger partial charge in [-0.3, -0.25) is 9.17 Å². The molecular formula is C9H7NO4S. The van der Waals surface area contributed by atoms with Crippen molar-refractivity contribution in [3.8, 4) is 5.75 Å². The smallest absolute Gasteiger partial charge is 0.336 e. The van der Waals surface area contributed by atoms with E-state index in [9.17, 15) is 9.59 Å². The summed E-state index contributed by atoms with van der Waals surface area (Å²) in [5.41, 5.74) is -0.415. The average Bonchev–Trinajstić information content (AvgIpc) is 2.59. The lowest BCUT2D eigenvalue weighted by Crippen LogP contribution is -2.05. The molecule has 78 valence electrons. The topological polar surface area (TPSA) is 79.4 Å². The molecule has 15 heavy (non-hydrogen) atoms. The van der Waals surface area contributed by atoms with Gasteiger partial charge in [-0.2, -0.15) is 0 Å². The minimum absolute atomic E-state index is 0.0353. The lowest BCUT2D eigenvalue weighted by Gasteiger charge is -2.01. The lowest BCUT2D eigenvalue weighted by molar-refractivity contribution is 0.0698. The second-order valence-corrected chi connectivity index (χ2v) is 3.73. The molecular weight excluding hydrogens is 218 g/mol. The summed E-state index contributed by atoms with van der Waals surface area (Å²) in [6.45, 7) is 0. The number of methoxy groups -OCH3 is 1. The molecule has 5 nitrogen and oxygen atoms in total. The van der Waals surface area contributed by atoms with Crippen LogP contribution in [-0.4, -0.2) is 22.6 Å². The highest BCUT2D eigenvalue weighted by molar-refractivity contribution is 7.13. The second kappa shape index (κ2) is 3.39. The van der Waals surface area contributed by atoms with Crippen molar-refractivity contribution in [3.63, 3.8) is 0 Å². The summed E-state index contributed by atoms with van der Waals surface area (Å²) in [5, 5.41) is 9.14. The molecule has 0 bridgehead atoms. The van der Waals surface area contributed by atoms with Crippen LogP contribution in [0, 0.1) is 0 Å². The average molecular weight is 225 g/mol. The zero-order valence-corrected chi connectivity index (χ0v) is 8.55. The number of aromatic amines is 1. The van der Waals surface area contributed by atoms with Crippen molar-refractivity contribution in [2.75, 3.05) is 7.11 Å². The predicted octanol–water partition coefficient (Wildman–Crippen LogP) is 1.30. The van der Waals surface area contributed by atoms with Crippen molar-refractivity contribution >= 4 is 27.6 Å². The summed E-state index contributed by atoms with van der Waals surface area (Å²) < 4.78 is 8.02. The number of fused-ring (bicyclic) bond motifs is 1. The Morgan fingerprint density at radius 3 is 2.87 bits per heavy atom. The van der Waals surface area contributed by atoms with E-state index in [1.807, 2.05) is 0 Å². The monoisotopic (exact) mass is 225 g/mol. The summed E-state index contributed by atoms with van der Waals surface area (Å²) >= 11 is 1.09. The van der Waals surface area contributed by atoms with Gasteiger partial charge in [0, 0.05) is 0 Å². The van der Waals surface area contributed by atoms with Gasteiger partial charge in [0.2, 0.25) is 0 Å². The van der Waals surface area contributed by atoms with Crippen LogP contribution in [0.2, 0.25) is 0 Å². The number of nitrogens with one attached hydrogen (secondary N) is 1. The molecule has 2 rings (SSSR count). The molecule has 1 heterocycles. The molecule has 0 saturated heterocycles. The molecule has 1 aromatic carbocycles. The number of carbonyl (C=O) groups is 1. The maximum absolute atomic E-state index is 11.4. The Bertz CT molecular complexity index is 583. The van der Waals surface area contributed by atoms with Crippen molar-refractivity contribution in [3.05, 3.63) is 28.0 Å². The van der Waals surface area contributed by atoms with Crippen LogP contribution >= 0.6 is 11.5 Å². The van der Waals surface area contributed by atoms with E-state index in [1.165, 1.54) is 13.2 Å². The normalized spacial score (nSPS) is 10.5. The Morgan fingerprint density at radius 1 is 1.53 bits per heavy atom. The number of benzene rings is 1. The van der Waals surface area contributed by atoms with Crippen LogP contribution in [0.4, 0.5) is 0 Å². The molecule has 0 saturated carbocycles. The Hall–Kier alpha value is -1.82. The van der Waals surface area contributed by atoms with E-state index >= 15 is 0 Å². The Kier molecular flexibility index (Phi) is 2.20. The molecule has 0 spiro atoms. The highest BCUT2D eigenvalue weighted by Gasteiger charge is 2.15. The summed E-state index contributed by atoms with van der Waals surface area (Å²) in [6.07, 6.45) is 0. The second-order valence-electron chi connectivity index (χ2n) is 2.89. The number of carboxylic acids is 1. The van der Waals surface area contributed by atoms with Gasteiger partial charge in [0.25, 0.3) is 5.56 Å². The molecule has 0 aliphatic carbocycles. The van der Waals surface area contributed by atoms with Crippen LogP contribution in [0.5, 0.6) is 5.75 Å². The maximum atomic E-state index is 11.4. The standard InChI is InChI=1S/C9H7NO4S/c1-14-4-2-5(9(12)13)7-6(3-4)15-10-8(7)11/h2-3H,1H3,(H,10,11)(H,12,13). The number of hydrogen-bond donors (Lipinski definition) is 2. The predicted molar refractivity (Wildman–Crippen MR) is 56.0 cm³/mol. The quantitative estimate of drug-likeness (QED) is 0.807. The summed E-state index contributed by atoms with van der Waals surface area (Å²) in [5.74, 6) is -0.710. The molecule has 0 aliphatic rings. The minimum atomic E-state index is -1.14. The molecule has 0 radical (unpaired) electrons. The van der Waals surface area contributed by atoms with E-state index in [4.69, 9.17) is 9.84 Å². The van der Waals surface area contributed by atoms with Gasteiger partial charge in [-0.05, 0) is 12.1 Å². The number of ether oxygens (including phenoxy) is 1. The molecule has 2 aromatic rings. The summed E-state index contributed by atoms with van der Waals surface area (Å²) in [7, 11) is 1.45. The van der Waals surface area contributed by atoms with Gasteiger partial charge in [0.1, 0.15) is 5.75 Å². The number of aromatic carboxylic acids is 1. The lowest BCUT2D eigenvalue weighted by atomic mass is 10.1. The van der Waals surface area contributed by atoms with E-state index in [0.717, 1.165) is 11.5 Å². The first-order valence-electron chi connectivity index (χ1n) is 4.06. The SMILES string of the molecule is COc1cc(C(=O)O)c2c(=O)[nH]sc2c1. The number of hydrogen-bond acceptors (Lipinski definition) is 4. The van der Waals surface area contributed by atoms with Crippen LogP contribution in [0.15, 0.2) is 16.9 Å². The van der Waals surface area contributed by atoms with Gasteiger partial charge in [0.15, 0.2) is 0 Å². The first-order chi connectivity index (χ1) is 7.13. The van der Waals surface area contributed by atoms with Crippen LogP contribution < -0.4 is 10.3 Å². The number of rotatable bonds is 2. The number of aromatic nitrogens is 1. The van der Waals surface area contributed by atoms with Crippen LogP contribution in [-0.2, 0) is 0 Å². The first kappa shape index (κ1) is 9.72. The Labute approximate surface area is 88.1 Å². The summed E-state index contributed by atoms with van der Waals surface area (Å²) in [6, 6.07) is 2.97. The fourth-order valence-electron chi connectivity index (χ4n) is 1.34. The van der Waals surface area contributed by atoms with Crippen LogP contribution in [0.1, 0.15) is 10.4 Å². The molecule has 2 N–H and O–H groups in total. The molecule has 0 atom stereocenters. The van der Waals surface area contributed by atoms with Gasteiger partial charge in [-0.25, -0.2) is 4.79 Å². The van der Waals surface area contributed by atoms with Gasteiger partial charge < -0.3 is 9.84 Å². The van der Waals surface area contributed by atoms with Gasteiger partial charge in [0.05, 0.1) is 22.8 Å². The van der Waals surface area contributed by atoms with Crippen LogP contribution in [0.25, 0.3) is 10.1 Å². The van der Waals surface area contributed by atoms with Gasteiger partial charge in [-0.1, -0.05) is 11.5 Å². The molecule has 0 amide bonds. The number of carboxylic acid groups (broad SMARTS) is 1. The van der Waals surface area contributed by atoms with Crippen molar-refractivity contribution in [1.29, 1.82) is 0 Å². The van der Waals surface area contributed by atoms with E-state index in [-0.39, 0.29) is 16.5 Å². The molecule has 0 unspecified atom stereocenters. The molecule has 0 fully saturated rings. The minimum Gasteiger partial charge on any atom is -0.497 e. The Morgan fingerprint density at radius 2 is 2.27 bits per heavy atom. The highest BCUT2D eigenvalue weighted by Crippen LogP contribution is 2.25. The first-order valence-corrected chi connectivity index (χ1v) is 4.87. The highest BCUT2D eigenvalue weighted by atomic mass is 32.1. The summed E-state index contributed by atoms with van der Waals surface area (Å²) in [4.78, 5) is 22.3. The van der Waals surface area contributed by atoms with Crippen molar-refractivity contribution in [2.24, 2.45) is 0 Å². The van der Waals surface area contributed by atoms with Crippen LogP contribution in [0.3, 0.4) is 0 Å². The van der Waals surface area contributed by atoms with Gasteiger partial charge >= 0.3 is 5.97 Å². The zero-order valence-electron chi connectivity index (χ0n) is 7.73. The van der Waals surface area contributed by atoms with E-state index in [1.54, 1.807) is 6.07 Å². The third-order valence-electron chi connectivity index (χ3n) is 2.02. The zero-order chi connectivity index (χ0) is 11.0. The fraction of sp³-hybridized carbons (Fsp3) is 0.111. The maximum Gasteiger partial charge on any atom is 0.336 e. The molecule has 1 aromatic heterocycles. The molecule has 6 heteroatoms. The van der Waals surface area contributed by atoms with E-state index < -0.39 is 5.97 Å². The third-order valence-corrected chi connectivity index (χ3v) is 2.85. The van der Waals surface area contributed by atoms with E-state index in [0.29, 0.717) is 10.4 Å².